The third-order valence-corrected chi connectivity index (χ3v) is 6.46. The Hall–Kier alpha value is -1.13. The molecule has 17 heteroatoms. The van der Waals surface area contributed by atoms with Crippen molar-refractivity contribution in [1.82, 2.24) is 5.32 Å². The van der Waals surface area contributed by atoms with Crippen LogP contribution in [-0.4, -0.2) is 169 Å². The molecule has 0 saturated carbocycles. The Balaban J connectivity index is 1.78. The Bertz CT molecular complexity index is 743. The van der Waals surface area contributed by atoms with Crippen molar-refractivity contribution in [3.63, 3.8) is 0 Å². The fourth-order valence-electron chi connectivity index (χ4n) is 4.39. The monoisotopic (exact) mass is 545 g/mol. The molecule has 11 N–H and O–H groups in total. The maximum Gasteiger partial charge on any atom is 0.218 e. The smallest absolute Gasteiger partial charge is 0.218 e. The average molecular weight is 545 g/mol. The average Bonchev–Trinajstić information content (AvgIpc) is 2.87. The molecular weight excluding hydrogens is 510 g/mol. The molecule has 37 heavy (non-hydrogen) atoms. The van der Waals surface area contributed by atoms with Crippen molar-refractivity contribution in [2.45, 2.75) is 99.0 Å². The second kappa shape index (κ2) is 12.8. The van der Waals surface area contributed by atoms with Gasteiger partial charge in [0, 0.05) is 6.92 Å². The molecule has 3 aliphatic heterocycles. The minimum atomic E-state index is -1.91. The topological polar surface area (TPSA) is 278 Å². The molecule has 3 heterocycles. The minimum absolute atomic E-state index is 0.591. The van der Waals surface area contributed by atoms with Gasteiger partial charge in [-0.25, -0.2) is 0 Å². The maximum absolute atomic E-state index is 11.3. The van der Waals surface area contributed by atoms with E-state index in [1.807, 2.05) is 0 Å². The first-order chi connectivity index (χ1) is 17.4. The van der Waals surface area contributed by atoms with Gasteiger partial charge in [-0.1, -0.05) is 0 Å². The molecule has 0 aromatic rings. The van der Waals surface area contributed by atoms with Crippen molar-refractivity contribution < 1.29 is 79.5 Å². The first kappa shape index (κ1) is 30.4. The molecule has 216 valence electrons. The quantitative estimate of drug-likeness (QED) is 0.135. The summed E-state index contributed by atoms with van der Waals surface area (Å²) in [7, 11) is 0. The zero-order chi connectivity index (χ0) is 27.6. The molecule has 3 fully saturated rings. The van der Waals surface area contributed by atoms with Crippen molar-refractivity contribution in [2.24, 2.45) is 0 Å². The Morgan fingerprint density at radius 2 is 1.14 bits per heavy atom. The Labute approximate surface area is 210 Å². The van der Waals surface area contributed by atoms with E-state index >= 15 is 0 Å². The third kappa shape index (κ3) is 6.38. The highest BCUT2D eigenvalue weighted by Crippen LogP contribution is 2.32. The van der Waals surface area contributed by atoms with Gasteiger partial charge in [-0.3, -0.25) is 4.79 Å². The third-order valence-electron chi connectivity index (χ3n) is 6.46. The molecule has 0 aliphatic carbocycles. The van der Waals surface area contributed by atoms with Gasteiger partial charge in [0.25, 0.3) is 0 Å². The number of hydrogen-bond donors (Lipinski definition) is 11. The zero-order valence-electron chi connectivity index (χ0n) is 19.7. The number of carbonyl (C=O) groups excluding carboxylic acids is 1. The number of aliphatic hydroxyl groups excluding tert-OH is 10. The summed E-state index contributed by atoms with van der Waals surface area (Å²) in [5, 5.41) is 103. The van der Waals surface area contributed by atoms with Gasteiger partial charge in [-0.2, -0.15) is 0 Å². The van der Waals surface area contributed by atoms with E-state index in [2.05, 4.69) is 5.32 Å². The van der Waals surface area contributed by atoms with E-state index in [-0.39, 0.29) is 0 Å². The van der Waals surface area contributed by atoms with E-state index in [9.17, 15) is 55.9 Å². The van der Waals surface area contributed by atoms with Crippen LogP contribution in [0.5, 0.6) is 0 Å². The van der Waals surface area contributed by atoms with Crippen molar-refractivity contribution in [2.75, 3.05) is 19.8 Å². The molecular formula is C20H35NO16. The van der Waals surface area contributed by atoms with Crippen LogP contribution in [0.2, 0.25) is 0 Å². The fourth-order valence-corrected chi connectivity index (χ4v) is 4.39. The van der Waals surface area contributed by atoms with E-state index in [1.54, 1.807) is 0 Å². The van der Waals surface area contributed by atoms with Gasteiger partial charge in [-0.05, 0) is 0 Å². The SMILES string of the molecule is CC(=O)N[C@@H]1O[C@H](CO)[C@@H](O[C@@H]2O[C@H](CO)[C@H](O)[C@H](O[C@H]3O[C@H](CO)[C@H](O)[C@H](O)[C@H]3O)[C@H]2O)[C@H](O)[C@H]1O. The first-order valence-electron chi connectivity index (χ1n) is 11.6. The zero-order valence-corrected chi connectivity index (χ0v) is 19.7. The minimum Gasteiger partial charge on any atom is -0.394 e. The molecule has 0 aromatic heterocycles. The van der Waals surface area contributed by atoms with Crippen molar-refractivity contribution in [3.05, 3.63) is 0 Å². The summed E-state index contributed by atoms with van der Waals surface area (Å²) >= 11 is 0. The predicted molar refractivity (Wildman–Crippen MR) is 113 cm³/mol. The van der Waals surface area contributed by atoms with Crippen LogP contribution in [0.4, 0.5) is 0 Å². The molecule has 3 saturated heterocycles. The van der Waals surface area contributed by atoms with Gasteiger partial charge in [0.1, 0.15) is 73.2 Å². The van der Waals surface area contributed by atoms with Crippen LogP contribution in [0.3, 0.4) is 0 Å². The molecule has 3 aliphatic rings. The lowest BCUT2D eigenvalue weighted by atomic mass is 9.95. The number of ether oxygens (including phenoxy) is 5. The summed E-state index contributed by atoms with van der Waals surface area (Å²) in [5.41, 5.74) is 0. The number of rotatable bonds is 8. The molecule has 1 amide bonds. The van der Waals surface area contributed by atoms with E-state index in [4.69, 9.17) is 23.7 Å². The highest BCUT2D eigenvalue weighted by Gasteiger charge is 2.53. The van der Waals surface area contributed by atoms with Crippen LogP contribution >= 0.6 is 0 Å². The van der Waals surface area contributed by atoms with E-state index in [0.29, 0.717) is 0 Å². The summed E-state index contributed by atoms with van der Waals surface area (Å²) in [6, 6.07) is 0. The number of hydrogen-bond acceptors (Lipinski definition) is 16. The number of aliphatic hydroxyl groups is 10. The molecule has 17 nitrogen and oxygen atoms in total. The summed E-state index contributed by atoms with van der Waals surface area (Å²) in [5.74, 6) is -0.591. The summed E-state index contributed by atoms with van der Waals surface area (Å²) < 4.78 is 27.0. The van der Waals surface area contributed by atoms with E-state index in [1.165, 1.54) is 0 Å². The highest BCUT2D eigenvalue weighted by molar-refractivity contribution is 5.73. The standard InChI is InChI=1S/C20H35NO16/c1-5(25)21-18-13(30)12(29)16(8(4-24)33-18)36-20-15(32)17(10(27)7(3-23)35-20)37-19-14(31)11(28)9(26)6(2-22)34-19/h6-20,22-24,26-32H,2-4H2,1H3,(H,21,25)/t6-,7-,8-,9+,10+,11+,12-,13-,14-,15-,16-,17+,18-,19-,20+/m1/s1. The van der Waals surface area contributed by atoms with Gasteiger partial charge in [0.15, 0.2) is 18.8 Å². The van der Waals surface area contributed by atoms with Crippen LogP contribution in [0.15, 0.2) is 0 Å². The largest absolute Gasteiger partial charge is 0.394 e. The predicted octanol–water partition coefficient (Wildman–Crippen LogP) is -7.43. The highest BCUT2D eigenvalue weighted by atomic mass is 16.7. The second-order valence-corrected chi connectivity index (χ2v) is 9.06. The number of carbonyl (C=O) groups is 1. The van der Waals surface area contributed by atoms with Gasteiger partial charge in [0.05, 0.1) is 19.8 Å². The summed E-state index contributed by atoms with van der Waals surface area (Å²) in [4.78, 5) is 11.3. The fraction of sp³-hybridized carbons (Fsp3) is 0.950. The lowest BCUT2D eigenvalue weighted by Gasteiger charge is -2.48. The van der Waals surface area contributed by atoms with Crippen LogP contribution in [0, 0.1) is 0 Å². The molecule has 0 aromatic carbocycles. The van der Waals surface area contributed by atoms with Crippen molar-refractivity contribution in [1.29, 1.82) is 0 Å². The van der Waals surface area contributed by atoms with Gasteiger partial charge >= 0.3 is 0 Å². The second-order valence-electron chi connectivity index (χ2n) is 9.06. The molecule has 0 unspecified atom stereocenters. The molecule has 3 rings (SSSR count). The van der Waals surface area contributed by atoms with Crippen LogP contribution < -0.4 is 5.32 Å². The normalized spacial score (nSPS) is 49.0. The molecule has 0 spiro atoms. The lowest BCUT2D eigenvalue weighted by molar-refractivity contribution is -0.374. The maximum atomic E-state index is 11.3. The Morgan fingerprint density at radius 3 is 1.68 bits per heavy atom. The number of nitrogens with one attached hydrogen (secondary N) is 1. The molecule has 15 atom stereocenters. The lowest BCUT2D eigenvalue weighted by Crippen LogP contribution is -2.67. The van der Waals surface area contributed by atoms with Crippen LogP contribution in [0.25, 0.3) is 0 Å². The van der Waals surface area contributed by atoms with Gasteiger partial charge < -0.3 is 80.1 Å². The van der Waals surface area contributed by atoms with Gasteiger partial charge in [-0.15, -0.1) is 0 Å². The van der Waals surface area contributed by atoms with Crippen molar-refractivity contribution >= 4 is 5.91 Å². The molecule has 0 radical (unpaired) electrons. The van der Waals surface area contributed by atoms with E-state index < -0.39 is 118 Å². The number of amides is 1. The van der Waals surface area contributed by atoms with Gasteiger partial charge in [0.2, 0.25) is 5.91 Å². The summed E-state index contributed by atoms with van der Waals surface area (Å²) in [6.45, 7) is -1.20. The van der Waals surface area contributed by atoms with Crippen LogP contribution in [0.1, 0.15) is 6.92 Å². The van der Waals surface area contributed by atoms with E-state index in [0.717, 1.165) is 6.92 Å². The Kier molecular flexibility index (Phi) is 10.5. The first-order valence-corrected chi connectivity index (χ1v) is 11.6. The van der Waals surface area contributed by atoms with Crippen molar-refractivity contribution in [3.8, 4) is 0 Å². The Morgan fingerprint density at radius 1 is 0.622 bits per heavy atom. The van der Waals surface area contributed by atoms with Crippen LogP contribution in [-0.2, 0) is 28.5 Å². The molecule has 0 bridgehead atoms. The summed E-state index contributed by atoms with van der Waals surface area (Å²) in [6.07, 6.45) is -24.9.